The minimum absolute atomic E-state index is 0.0845. The van der Waals surface area contributed by atoms with Crippen LogP contribution in [0, 0.1) is 6.92 Å². The predicted octanol–water partition coefficient (Wildman–Crippen LogP) is 1.80. The normalized spacial score (nSPS) is 10.6. The first kappa shape index (κ1) is 12.4. The highest BCUT2D eigenvalue weighted by Crippen LogP contribution is 2.15. The first-order valence-corrected chi connectivity index (χ1v) is 4.66. The van der Waals surface area contributed by atoms with Crippen molar-refractivity contribution < 1.29 is 18.3 Å². The van der Waals surface area contributed by atoms with Crippen LogP contribution in [0.4, 0.5) is 8.78 Å². The number of carbonyl (C=O) groups is 1. The first-order chi connectivity index (χ1) is 7.47. The number of ether oxygens (including phenoxy) is 1. The van der Waals surface area contributed by atoms with Gasteiger partial charge in [-0.3, -0.25) is 4.79 Å². The van der Waals surface area contributed by atoms with Crippen molar-refractivity contribution in [2.24, 2.45) is 0 Å². The summed E-state index contributed by atoms with van der Waals surface area (Å²) in [7, 11) is 0. The van der Waals surface area contributed by atoms with Gasteiger partial charge in [0.1, 0.15) is 5.56 Å². The molecule has 1 heterocycles. The Morgan fingerprint density at radius 2 is 2.19 bits per heavy atom. The van der Waals surface area contributed by atoms with E-state index in [0.717, 1.165) is 0 Å². The van der Waals surface area contributed by atoms with Crippen molar-refractivity contribution in [2.45, 2.75) is 20.3 Å². The van der Waals surface area contributed by atoms with Gasteiger partial charge in [-0.25, -0.2) is 13.6 Å². The van der Waals surface area contributed by atoms with Crippen molar-refractivity contribution in [2.75, 3.05) is 6.61 Å². The Morgan fingerprint density at radius 1 is 1.56 bits per heavy atom. The summed E-state index contributed by atoms with van der Waals surface area (Å²) in [5.74, 6) is -0.804. The second-order valence-corrected chi connectivity index (χ2v) is 3.11. The van der Waals surface area contributed by atoms with E-state index in [-0.39, 0.29) is 17.9 Å². The molecule has 6 heteroatoms. The fraction of sp³-hybridized carbons (Fsp3) is 0.400. The number of H-pyrrole nitrogens is 1. The summed E-state index contributed by atoms with van der Waals surface area (Å²) in [6.45, 7) is 3.09. The fourth-order valence-electron chi connectivity index (χ4n) is 1.29. The number of hydrogen-bond acceptors (Lipinski definition) is 3. The fourth-order valence-corrected chi connectivity index (χ4v) is 1.29. The number of aromatic amines is 1. The third-order valence-electron chi connectivity index (χ3n) is 1.95. The van der Waals surface area contributed by atoms with Crippen molar-refractivity contribution >= 4 is 5.97 Å². The molecule has 1 N–H and O–H groups in total. The van der Waals surface area contributed by atoms with Gasteiger partial charge in [0, 0.05) is 11.8 Å². The summed E-state index contributed by atoms with van der Waals surface area (Å²) in [5, 5.41) is 0. The molecule has 0 unspecified atom stereocenters. The molecule has 0 saturated carbocycles. The first-order valence-electron chi connectivity index (χ1n) is 4.66. The second kappa shape index (κ2) is 4.87. The van der Waals surface area contributed by atoms with E-state index in [4.69, 9.17) is 0 Å². The van der Waals surface area contributed by atoms with Gasteiger partial charge in [0.15, 0.2) is 5.43 Å². The van der Waals surface area contributed by atoms with Crippen molar-refractivity contribution in [3.05, 3.63) is 33.2 Å². The summed E-state index contributed by atoms with van der Waals surface area (Å²) in [5.41, 5.74) is -1.41. The van der Waals surface area contributed by atoms with E-state index in [1.54, 1.807) is 6.92 Å². The topological polar surface area (TPSA) is 59.2 Å². The molecule has 0 fully saturated rings. The number of pyridine rings is 1. The van der Waals surface area contributed by atoms with Crippen LogP contribution in [0.25, 0.3) is 0 Å². The van der Waals surface area contributed by atoms with Gasteiger partial charge in [-0.2, -0.15) is 0 Å². The number of aromatic nitrogens is 1. The van der Waals surface area contributed by atoms with Crippen LogP contribution in [-0.4, -0.2) is 17.6 Å². The standard InChI is InChI=1S/C10H11F2NO3/c1-3-16-10(15)8-5(2)13-6(9(11)12)4-7(8)14/h4,9H,3H2,1-2H3,(H,13,14). The van der Waals surface area contributed by atoms with E-state index in [0.29, 0.717) is 6.07 Å². The molecule has 16 heavy (non-hydrogen) atoms. The molecule has 1 rings (SSSR count). The van der Waals surface area contributed by atoms with Gasteiger partial charge in [-0.05, 0) is 13.8 Å². The lowest BCUT2D eigenvalue weighted by Gasteiger charge is -2.07. The lowest BCUT2D eigenvalue weighted by Crippen LogP contribution is -2.21. The van der Waals surface area contributed by atoms with Gasteiger partial charge in [-0.1, -0.05) is 0 Å². The second-order valence-electron chi connectivity index (χ2n) is 3.11. The number of aryl methyl sites for hydroxylation is 1. The van der Waals surface area contributed by atoms with E-state index in [1.165, 1.54) is 6.92 Å². The lowest BCUT2D eigenvalue weighted by molar-refractivity contribution is 0.0522. The number of hydrogen-bond donors (Lipinski definition) is 1. The summed E-state index contributed by atoms with van der Waals surface area (Å²) in [4.78, 5) is 25.1. The number of carbonyl (C=O) groups excluding carboxylic acids is 1. The van der Waals surface area contributed by atoms with Crippen LogP contribution in [0.1, 0.15) is 35.1 Å². The average molecular weight is 231 g/mol. The van der Waals surface area contributed by atoms with Crippen molar-refractivity contribution in [3.8, 4) is 0 Å². The Morgan fingerprint density at radius 3 is 2.62 bits per heavy atom. The van der Waals surface area contributed by atoms with Gasteiger partial charge in [0.2, 0.25) is 0 Å². The summed E-state index contributed by atoms with van der Waals surface area (Å²) in [6, 6.07) is 0.712. The van der Waals surface area contributed by atoms with Gasteiger partial charge in [-0.15, -0.1) is 0 Å². The highest BCUT2D eigenvalue weighted by atomic mass is 19.3. The Kier molecular flexibility index (Phi) is 3.76. The van der Waals surface area contributed by atoms with Crippen molar-refractivity contribution in [1.29, 1.82) is 0 Å². The molecule has 1 aromatic heterocycles. The molecule has 1 aromatic rings. The maximum atomic E-state index is 12.3. The molecule has 0 saturated heterocycles. The molecule has 0 bridgehead atoms. The maximum absolute atomic E-state index is 12.3. The molecule has 0 aliphatic rings. The molecule has 0 spiro atoms. The average Bonchev–Trinajstić information content (AvgIpc) is 2.16. The highest BCUT2D eigenvalue weighted by molar-refractivity contribution is 5.90. The Labute approximate surface area is 90.2 Å². The Bertz CT molecular complexity index is 454. The zero-order valence-corrected chi connectivity index (χ0v) is 8.84. The van der Waals surface area contributed by atoms with E-state index in [9.17, 15) is 18.4 Å². The van der Waals surface area contributed by atoms with Crippen LogP contribution < -0.4 is 5.43 Å². The summed E-state index contributed by atoms with van der Waals surface area (Å²) in [6.07, 6.45) is -2.78. The molecule has 0 radical (unpaired) electrons. The van der Waals surface area contributed by atoms with Crippen molar-refractivity contribution in [1.82, 2.24) is 4.98 Å². The lowest BCUT2D eigenvalue weighted by atomic mass is 10.2. The van der Waals surface area contributed by atoms with Crippen molar-refractivity contribution in [3.63, 3.8) is 0 Å². The molecule has 0 atom stereocenters. The van der Waals surface area contributed by atoms with Gasteiger partial charge in [0.05, 0.1) is 12.3 Å². The maximum Gasteiger partial charge on any atom is 0.343 e. The van der Waals surface area contributed by atoms with E-state index >= 15 is 0 Å². The summed E-state index contributed by atoms with van der Waals surface area (Å²) < 4.78 is 29.3. The molecule has 0 amide bonds. The van der Waals surface area contributed by atoms with Crippen LogP contribution in [-0.2, 0) is 4.74 Å². The zero-order valence-electron chi connectivity index (χ0n) is 8.84. The number of rotatable bonds is 3. The molecule has 88 valence electrons. The number of halogens is 2. The molecule has 0 aliphatic carbocycles. The smallest absolute Gasteiger partial charge is 0.343 e. The highest BCUT2D eigenvalue weighted by Gasteiger charge is 2.18. The zero-order chi connectivity index (χ0) is 12.3. The van der Waals surface area contributed by atoms with Gasteiger partial charge < -0.3 is 9.72 Å². The van der Waals surface area contributed by atoms with Crippen LogP contribution in [0.5, 0.6) is 0 Å². The molecule has 0 aromatic carbocycles. The molecule has 0 aliphatic heterocycles. The third kappa shape index (κ3) is 2.44. The molecular weight excluding hydrogens is 220 g/mol. The third-order valence-corrected chi connectivity index (χ3v) is 1.95. The van der Waals surface area contributed by atoms with Gasteiger partial charge >= 0.3 is 5.97 Å². The molecular formula is C10H11F2NO3. The van der Waals surface area contributed by atoms with Gasteiger partial charge in [0.25, 0.3) is 6.43 Å². The largest absolute Gasteiger partial charge is 0.462 e. The van der Waals surface area contributed by atoms with E-state index < -0.39 is 23.5 Å². The van der Waals surface area contributed by atoms with Crippen LogP contribution in [0.3, 0.4) is 0 Å². The quantitative estimate of drug-likeness (QED) is 0.807. The summed E-state index contributed by atoms with van der Waals surface area (Å²) >= 11 is 0. The SMILES string of the molecule is CCOC(=O)c1c(C)[nH]c(C(F)F)cc1=O. The van der Waals surface area contributed by atoms with Crippen LogP contribution >= 0.6 is 0 Å². The minimum Gasteiger partial charge on any atom is -0.462 e. The number of esters is 1. The Balaban J connectivity index is 3.23. The van der Waals surface area contributed by atoms with Crippen LogP contribution in [0.2, 0.25) is 0 Å². The predicted molar refractivity (Wildman–Crippen MR) is 52.7 cm³/mol. The molecule has 4 nitrogen and oxygen atoms in total. The van der Waals surface area contributed by atoms with Crippen LogP contribution in [0.15, 0.2) is 10.9 Å². The number of nitrogens with one attached hydrogen (secondary N) is 1. The minimum atomic E-state index is -2.78. The van der Waals surface area contributed by atoms with E-state index in [2.05, 4.69) is 9.72 Å². The monoisotopic (exact) mass is 231 g/mol. The Hall–Kier alpha value is -1.72. The number of alkyl halides is 2. The van der Waals surface area contributed by atoms with E-state index in [1.807, 2.05) is 0 Å².